The number of esters is 1. The molecule has 0 aliphatic heterocycles. The standard InChI is InChI=1S/C19H24N2O3/c1-11(2)10-20-18(22)14(5)24-19(23)16-9-13(4)21-17-7-6-12(3)8-15(16)17/h6-9,11,14H,10H2,1-5H3,(H,20,22)/t14-/m1/s1. The number of aromatic nitrogens is 1. The van der Waals surface area contributed by atoms with Gasteiger partial charge in [0.15, 0.2) is 6.10 Å². The molecule has 1 N–H and O–H groups in total. The van der Waals surface area contributed by atoms with Crippen molar-refractivity contribution in [2.75, 3.05) is 6.54 Å². The smallest absolute Gasteiger partial charge is 0.339 e. The van der Waals surface area contributed by atoms with E-state index in [-0.39, 0.29) is 5.91 Å². The van der Waals surface area contributed by atoms with Gasteiger partial charge in [0.1, 0.15) is 0 Å². The number of fused-ring (bicyclic) bond motifs is 1. The molecular weight excluding hydrogens is 304 g/mol. The van der Waals surface area contributed by atoms with Gasteiger partial charge in [0, 0.05) is 17.6 Å². The SMILES string of the molecule is Cc1ccc2nc(C)cc(C(=O)O[C@H](C)C(=O)NCC(C)C)c2c1. The fourth-order valence-corrected chi connectivity index (χ4v) is 2.37. The predicted octanol–water partition coefficient (Wildman–Crippen LogP) is 3.17. The number of amides is 1. The summed E-state index contributed by atoms with van der Waals surface area (Å²) in [6.45, 7) is 9.92. The number of carbonyl (C=O) groups is 2. The summed E-state index contributed by atoms with van der Waals surface area (Å²) in [5.74, 6) is -0.460. The quantitative estimate of drug-likeness (QED) is 0.856. The Bertz CT molecular complexity index is 769. The van der Waals surface area contributed by atoms with Crippen molar-refractivity contribution >= 4 is 22.8 Å². The summed E-state index contributed by atoms with van der Waals surface area (Å²) in [7, 11) is 0. The largest absolute Gasteiger partial charge is 0.449 e. The van der Waals surface area contributed by atoms with Gasteiger partial charge >= 0.3 is 5.97 Å². The van der Waals surface area contributed by atoms with Crippen molar-refractivity contribution in [2.24, 2.45) is 5.92 Å². The molecule has 128 valence electrons. The van der Waals surface area contributed by atoms with Crippen molar-refractivity contribution in [1.29, 1.82) is 0 Å². The molecule has 0 saturated heterocycles. The van der Waals surface area contributed by atoms with E-state index in [9.17, 15) is 9.59 Å². The van der Waals surface area contributed by atoms with E-state index >= 15 is 0 Å². The summed E-state index contributed by atoms with van der Waals surface area (Å²) in [5, 5.41) is 3.50. The molecule has 1 heterocycles. The summed E-state index contributed by atoms with van der Waals surface area (Å²) in [6, 6.07) is 7.43. The molecule has 0 radical (unpaired) electrons. The Kier molecular flexibility index (Phi) is 5.54. The second-order valence-corrected chi connectivity index (χ2v) is 6.52. The highest BCUT2D eigenvalue weighted by atomic mass is 16.5. The molecule has 2 rings (SSSR count). The first kappa shape index (κ1) is 17.9. The van der Waals surface area contributed by atoms with Crippen LogP contribution in [0.25, 0.3) is 10.9 Å². The van der Waals surface area contributed by atoms with Gasteiger partial charge in [-0.25, -0.2) is 4.79 Å². The van der Waals surface area contributed by atoms with Crippen LogP contribution in [0, 0.1) is 19.8 Å². The van der Waals surface area contributed by atoms with Gasteiger partial charge in [-0.05, 0) is 44.9 Å². The van der Waals surface area contributed by atoms with E-state index in [1.54, 1.807) is 13.0 Å². The number of nitrogens with zero attached hydrogens (tertiary/aromatic N) is 1. The minimum absolute atomic E-state index is 0.289. The molecule has 0 fully saturated rings. The van der Waals surface area contributed by atoms with Gasteiger partial charge in [0.2, 0.25) is 0 Å². The van der Waals surface area contributed by atoms with Crippen molar-refractivity contribution in [3.05, 3.63) is 41.1 Å². The van der Waals surface area contributed by atoms with E-state index in [1.807, 2.05) is 45.9 Å². The average molecular weight is 328 g/mol. The fourth-order valence-electron chi connectivity index (χ4n) is 2.37. The third-order valence-corrected chi connectivity index (χ3v) is 3.65. The van der Waals surface area contributed by atoms with E-state index < -0.39 is 12.1 Å². The van der Waals surface area contributed by atoms with Crippen molar-refractivity contribution in [3.63, 3.8) is 0 Å². The Morgan fingerprint density at radius 2 is 1.88 bits per heavy atom. The lowest BCUT2D eigenvalue weighted by Crippen LogP contribution is -2.37. The number of pyridine rings is 1. The predicted molar refractivity (Wildman–Crippen MR) is 93.9 cm³/mol. The first-order chi connectivity index (χ1) is 11.3. The second kappa shape index (κ2) is 7.43. The maximum absolute atomic E-state index is 12.5. The summed E-state index contributed by atoms with van der Waals surface area (Å²) in [4.78, 5) is 29.0. The van der Waals surface area contributed by atoms with E-state index in [0.717, 1.165) is 22.2 Å². The van der Waals surface area contributed by atoms with Crippen LogP contribution in [0.1, 0.15) is 42.4 Å². The van der Waals surface area contributed by atoms with E-state index in [4.69, 9.17) is 4.74 Å². The van der Waals surface area contributed by atoms with Gasteiger partial charge in [-0.3, -0.25) is 9.78 Å². The normalized spacial score (nSPS) is 12.2. The van der Waals surface area contributed by atoms with Crippen LogP contribution >= 0.6 is 0 Å². The third-order valence-electron chi connectivity index (χ3n) is 3.65. The Balaban J connectivity index is 2.22. The number of carbonyl (C=O) groups excluding carboxylic acids is 2. The summed E-state index contributed by atoms with van der Waals surface area (Å²) >= 11 is 0. The van der Waals surface area contributed by atoms with Crippen LogP contribution in [0.4, 0.5) is 0 Å². The van der Waals surface area contributed by atoms with Gasteiger partial charge in [0.25, 0.3) is 5.91 Å². The van der Waals surface area contributed by atoms with Crippen LogP contribution in [-0.2, 0) is 9.53 Å². The molecule has 5 heteroatoms. The van der Waals surface area contributed by atoms with E-state index in [1.165, 1.54) is 0 Å². The summed E-state index contributed by atoms with van der Waals surface area (Å²) in [5.41, 5.74) is 2.94. The van der Waals surface area contributed by atoms with Gasteiger partial charge in [-0.2, -0.15) is 0 Å². The summed E-state index contributed by atoms with van der Waals surface area (Å²) < 4.78 is 5.35. The molecule has 1 amide bonds. The highest BCUT2D eigenvalue weighted by Crippen LogP contribution is 2.21. The average Bonchev–Trinajstić information content (AvgIpc) is 2.51. The molecule has 0 aliphatic carbocycles. The molecule has 1 aromatic carbocycles. The van der Waals surface area contributed by atoms with Crippen LogP contribution in [0.5, 0.6) is 0 Å². The van der Waals surface area contributed by atoms with Crippen molar-refractivity contribution in [3.8, 4) is 0 Å². The molecule has 1 atom stereocenters. The molecular formula is C19H24N2O3. The molecule has 1 aromatic heterocycles. The molecule has 5 nitrogen and oxygen atoms in total. The van der Waals surface area contributed by atoms with E-state index in [0.29, 0.717) is 18.0 Å². The molecule has 0 unspecified atom stereocenters. The lowest BCUT2D eigenvalue weighted by atomic mass is 10.1. The number of rotatable bonds is 5. The molecule has 24 heavy (non-hydrogen) atoms. The van der Waals surface area contributed by atoms with E-state index in [2.05, 4.69) is 10.3 Å². The van der Waals surface area contributed by atoms with Crippen LogP contribution in [0.2, 0.25) is 0 Å². The Labute approximate surface area is 142 Å². The first-order valence-electron chi connectivity index (χ1n) is 8.14. The van der Waals surface area contributed by atoms with Crippen LogP contribution < -0.4 is 5.32 Å². The zero-order valence-corrected chi connectivity index (χ0v) is 14.8. The number of hydrogen-bond acceptors (Lipinski definition) is 4. The summed E-state index contributed by atoms with van der Waals surface area (Å²) in [6.07, 6.45) is -0.843. The van der Waals surface area contributed by atoms with Crippen molar-refractivity contribution in [1.82, 2.24) is 10.3 Å². The molecule has 0 bridgehead atoms. The monoisotopic (exact) mass is 328 g/mol. The zero-order chi connectivity index (χ0) is 17.9. The highest BCUT2D eigenvalue weighted by Gasteiger charge is 2.21. The zero-order valence-electron chi connectivity index (χ0n) is 14.8. The Morgan fingerprint density at radius 3 is 2.54 bits per heavy atom. The lowest BCUT2D eigenvalue weighted by Gasteiger charge is -2.15. The van der Waals surface area contributed by atoms with Gasteiger partial charge < -0.3 is 10.1 Å². The fraction of sp³-hybridized carbons (Fsp3) is 0.421. The van der Waals surface area contributed by atoms with Crippen LogP contribution in [-0.4, -0.2) is 29.5 Å². The number of hydrogen-bond donors (Lipinski definition) is 1. The van der Waals surface area contributed by atoms with Gasteiger partial charge in [0.05, 0.1) is 11.1 Å². The topological polar surface area (TPSA) is 68.3 Å². The van der Waals surface area contributed by atoms with Crippen molar-refractivity contribution in [2.45, 2.75) is 40.7 Å². The number of benzene rings is 1. The maximum Gasteiger partial charge on any atom is 0.339 e. The Morgan fingerprint density at radius 1 is 1.17 bits per heavy atom. The molecule has 0 spiro atoms. The van der Waals surface area contributed by atoms with Gasteiger partial charge in [-0.15, -0.1) is 0 Å². The van der Waals surface area contributed by atoms with Crippen LogP contribution in [0.15, 0.2) is 24.3 Å². The van der Waals surface area contributed by atoms with Crippen molar-refractivity contribution < 1.29 is 14.3 Å². The molecule has 2 aromatic rings. The van der Waals surface area contributed by atoms with Gasteiger partial charge in [-0.1, -0.05) is 25.5 Å². The highest BCUT2D eigenvalue weighted by molar-refractivity contribution is 6.04. The lowest BCUT2D eigenvalue weighted by molar-refractivity contribution is -0.129. The second-order valence-electron chi connectivity index (χ2n) is 6.52. The first-order valence-corrected chi connectivity index (χ1v) is 8.14. The minimum Gasteiger partial charge on any atom is -0.449 e. The number of aryl methyl sites for hydroxylation is 2. The molecule has 0 aliphatic rings. The number of nitrogens with one attached hydrogen (secondary N) is 1. The third kappa shape index (κ3) is 4.31. The minimum atomic E-state index is -0.843. The number of ether oxygens (including phenoxy) is 1. The maximum atomic E-state index is 12.5. The Hall–Kier alpha value is -2.43. The molecule has 0 saturated carbocycles. The van der Waals surface area contributed by atoms with Crippen LogP contribution in [0.3, 0.4) is 0 Å².